The quantitative estimate of drug-likeness (QED) is 0.846. The lowest BCUT2D eigenvalue weighted by Gasteiger charge is -2.29. The van der Waals surface area contributed by atoms with E-state index in [0.717, 1.165) is 45.3 Å². The van der Waals surface area contributed by atoms with E-state index in [1.54, 1.807) is 0 Å². The second-order valence-corrected chi connectivity index (χ2v) is 7.16. The number of carbonyl (C=O) groups excluding carboxylic acids is 1. The third-order valence-corrected chi connectivity index (χ3v) is 3.95. The van der Waals surface area contributed by atoms with Gasteiger partial charge in [-0.25, -0.2) is 4.79 Å². The molecule has 1 saturated heterocycles. The Kier molecular flexibility index (Phi) is 7.67. The first-order valence-corrected chi connectivity index (χ1v) is 8.44. The molecule has 5 heteroatoms. The van der Waals surface area contributed by atoms with Gasteiger partial charge in [0.2, 0.25) is 0 Å². The molecule has 1 aliphatic rings. The number of hydrogen-bond donors (Lipinski definition) is 1. The zero-order valence-corrected chi connectivity index (χ0v) is 14.5. The van der Waals surface area contributed by atoms with Gasteiger partial charge in [-0.15, -0.1) is 0 Å². The number of carbonyl (C=O) groups is 1. The SMILES string of the molecule is CC[C@@H](CC#N)NC[C@H]1CCCCN(C(=O)OC(C)(C)C)C1. The lowest BCUT2D eigenvalue weighted by atomic mass is 10.0. The predicted octanol–water partition coefficient (Wildman–Crippen LogP) is 3.31. The van der Waals surface area contributed by atoms with E-state index in [0.29, 0.717) is 12.3 Å². The molecule has 0 radical (unpaired) electrons. The second kappa shape index (κ2) is 8.99. The fraction of sp³-hybridized carbons (Fsp3) is 0.882. The summed E-state index contributed by atoms with van der Waals surface area (Å²) in [5, 5.41) is 12.3. The Bertz CT molecular complexity index is 384. The van der Waals surface area contributed by atoms with E-state index in [1.807, 2.05) is 25.7 Å². The van der Waals surface area contributed by atoms with Gasteiger partial charge in [0.1, 0.15) is 5.60 Å². The smallest absolute Gasteiger partial charge is 0.410 e. The van der Waals surface area contributed by atoms with Crippen LogP contribution in [0.25, 0.3) is 0 Å². The first kappa shape index (κ1) is 18.8. The molecule has 126 valence electrons. The average molecular weight is 309 g/mol. The Hall–Kier alpha value is -1.28. The van der Waals surface area contributed by atoms with Crippen molar-refractivity contribution in [1.29, 1.82) is 5.26 Å². The summed E-state index contributed by atoms with van der Waals surface area (Å²) in [6.07, 6.45) is 4.58. The maximum atomic E-state index is 12.2. The molecule has 0 aromatic rings. The van der Waals surface area contributed by atoms with E-state index in [-0.39, 0.29) is 12.1 Å². The molecule has 0 aromatic heterocycles. The highest BCUT2D eigenvalue weighted by atomic mass is 16.6. The first-order chi connectivity index (χ1) is 10.4. The minimum absolute atomic E-state index is 0.205. The molecular formula is C17H31N3O2. The van der Waals surface area contributed by atoms with Crippen LogP contribution in [0, 0.1) is 17.2 Å². The van der Waals surface area contributed by atoms with Gasteiger partial charge in [0.25, 0.3) is 0 Å². The summed E-state index contributed by atoms with van der Waals surface area (Å²) >= 11 is 0. The largest absolute Gasteiger partial charge is 0.444 e. The number of ether oxygens (including phenoxy) is 1. The Morgan fingerprint density at radius 2 is 2.18 bits per heavy atom. The van der Waals surface area contributed by atoms with Gasteiger partial charge in [-0.2, -0.15) is 5.26 Å². The van der Waals surface area contributed by atoms with E-state index >= 15 is 0 Å². The molecule has 1 amide bonds. The lowest BCUT2D eigenvalue weighted by Crippen LogP contribution is -2.42. The highest BCUT2D eigenvalue weighted by molar-refractivity contribution is 5.68. The molecule has 1 N–H and O–H groups in total. The van der Waals surface area contributed by atoms with Crippen molar-refractivity contribution in [2.45, 2.75) is 71.4 Å². The summed E-state index contributed by atoms with van der Waals surface area (Å²) in [6.45, 7) is 10.2. The van der Waals surface area contributed by atoms with E-state index in [1.165, 1.54) is 0 Å². The molecule has 5 nitrogen and oxygen atoms in total. The number of amides is 1. The van der Waals surface area contributed by atoms with Crippen molar-refractivity contribution in [3.05, 3.63) is 0 Å². The molecule has 22 heavy (non-hydrogen) atoms. The molecule has 0 saturated carbocycles. The second-order valence-electron chi connectivity index (χ2n) is 7.16. The van der Waals surface area contributed by atoms with Crippen molar-refractivity contribution in [3.8, 4) is 6.07 Å². The van der Waals surface area contributed by atoms with Crippen LogP contribution in [0.5, 0.6) is 0 Å². The van der Waals surface area contributed by atoms with Crippen molar-refractivity contribution >= 4 is 6.09 Å². The number of hydrogen-bond acceptors (Lipinski definition) is 4. The molecule has 1 aliphatic heterocycles. The fourth-order valence-corrected chi connectivity index (χ4v) is 2.69. The Morgan fingerprint density at radius 1 is 1.45 bits per heavy atom. The highest BCUT2D eigenvalue weighted by Crippen LogP contribution is 2.19. The summed E-state index contributed by atoms with van der Waals surface area (Å²) in [4.78, 5) is 14.1. The van der Waals surface area contributed by atoms with Crippen LogP contribution >= 0.6 is 0 Å². The summed E-state index contributed by atoms with van der Waals surface area (Å²) < 4.78 is 5.49. The molecule has 2 atom stereocenters. The zero-order chi connectivity index (χ0) is 16.6. The Morgan fingerprint density at radius 3 is 2.77 bits per heavy atom. The molecule has 0 spiro atoms. The first-order valence-electron chi connectivity index (χ1n) is 8.44. The summed E-state index contributed by atoms with van der Waals surface area (Å²) in [6, 6.07) is 2.48. The molecule has 1 heterocycles. The lowest BCUT2D eigenvalue weighted by molar-refractivity contribution is 0.0234. The van der Waals surface area contributed by atoms with E-state index < -0.39 is 5.60 Å². The molecular weight excluding hydrogens is 278 g/mol. The van der Waals surface area contributed by atoms with Gasteiger partial charge in [-0.05, 0) is 52.5 Å². The van der Waals surface area contributed by atoms with Crippen LogP contribution in [0.3, 0.4) is 0 Å². The minimum atomic E-state index is -0.447. The van der Waals surface area contributed by atoms with Gasteiger partial charge in [-0.3, -0.25) is 0 Å². The molecule has 0 unspecified atom stereocenters. The third kappa shape index (κ3) is 7.13. The summed E-state index contributed by atoms with van der Waals surface area (Å²) in [5.74, 6) is 0.433. The minimum Gasteiger partial charge on any atom is -0.444 e. The monoisotopic (exact) mass is 309 g/mol. The van der Waals surface area contributed by atoms with Gasteiger partial charge in [0.15, 0.2) is 0 Å². The van der Waals surface area contributed by atoms with Gasteiger partial charge < -0.3 is 15.0 Å². The van der Waals surface area contributed by atoms with Crippen LogP contribution in [0.1, 0.15) is 59.8 Å². The number of nitriles is 1. The normalized spacial score (nSPS) is 20.9. The van der Waals surface area contributed by atoms with E-state index in [2.05, 4.69) is 18.3 Å². The van der Waals surface area contributed by atoms with Crippen LogP contribution in [-0.4, -0.2) is 42.3 Å². The standard InChI is InChI=1S/C17H31N3O2/c1-5-15(9-10-18)19-12-14-8-6-7-11-20(13-14)16(21)22-17(2,3)4/h14-15,19H,5-9,11-13H2,1-4H3/t14-,15+/m1/s1. The van der Waals surface area contributed by atoms with E-state index in [9.17, 15) is 4.79 Å². The number of nitrogens with one attached hydrogen (secondary N) is 1. The van der Waals surface area contributed by atoms with Crippen molar-refractivity contribution in [2.24, 2.45) is 5.92 Å². The van der Waals surface area contributed by atoms with Gasteiger partial charge in [-0.1, -0.05) is 13.3 Å². The maximum Gasteiger partial charge on any atom is 0.410 e. The molecule has 0 aromatic carbocycles. The van der Waals surface area contributed by atoms with Crippen LogP contribution in [-0.2, 0) is 4.74 Å². The predicted molar refractivity (Wildman–Crippen MR) is 87.5 cm³/mol. The summed E-state index contributed by atoms with van der Waals surface area (Å²) in [7, 11) is 0. The van der Waals surface area contributed by atoms with Crippen molar-refractivity contribution in [3.63, 3.8) is 0 Å². The number of rotatable bonds is 5. The third-order valence-electron chi connectivity index (χ3n) is 3.95. The Balaban J connectivity index is 2.51. The van der Waals surface area contributed by atoms with Crippen LogP contribution in [0.2, 0.25) is 0 Å². The molecule has 0 aliphatic carbocycles. The summed E-state index contributed by atoms with van der Waals surface area (Å²) in [5.41, 5.74) is -0.447. The van der Waals surface area contributed by atoms with Crippen LogP contribution in [0.4, 0.5) is 4.79 Å². The number of nitrogens with zero attached hydrogens (tertiary/aromatic N) is 2. The van der Waals surface area contributed by atoms with Crippen molar-refractivity contribution in [1.82, 2.24) is 10.2 Å². The van der Waals surface area contributed by atoms with Gasteiger partial charge in [0, 0.05) is 19.1 Å². The van der Waals surface area contributed by atoms with Gasteiger partial charge >= 0.3 is 6.09 Å². The number of likely N-dealkylation sites (tertiary alicyclic amines) is 1. The van der Waals surface area contributed by atoms with Crippen molar-refractivity contribution in [2.75, 3.05) is 19.6 Å². The molecule has 0 bridgehead atoms. The highest BCUT2D eigenvalue weighted by Gasteiger charge is 2.26. The fourth-order valence-electron chi connectivity index (χ4n) is 2.69. The van der Waals surface area contributed by atoms with Crippen LogP contribution in [0.15, 0.2) is 0 Å². The van der Waals surface area contributed by atoms with Crippen molar-refractivity contribution < 1.29 is 9.53 Å². The maximum absolute atomic E-state index is 12.2. The molecule has 1 rings (SSSR count). The van der Waals surface area contributed by atoms with E-state index in [4.69, 9.17) is 10.00 Å². The average Bonchev–Trinajstić information content (AvgIpc) is 2.67. The van der Waals surface area contributed by atoms with Crippen LogP contribution < -0.4 is 5.32 Å². The topological polar surface area (TPSA) is 65.4 Å². The van der Waals surface area contributed by atoms with Gasteiger partial charge in [0.05, 0.1) is 12.5 Å². The Labute approximate surface area is 135 Å². The molecule has 1 fully saturated rings. The zero-order valence-electron chi connectivity index (χ0n) is 14.5.